The summed E-state index contributed by atoms with van der Waals surface area (Å²) in [5.41, 5.74) is 2.81. The van der Waals surface area contributed by atoms with E-state index in [9.17, 15) is 9.00 Å². The van der Waals surface area contributed by atoms with Crippen LogP contribution in [0.15, 0.2) is 36.5 Å². The molecule has 1 atom stereocenters. The Morgan fingerprint density at radius 3 is 2.70 bits per heavy atom. The highest BCUT2D eigenvalue weighted by atomic mass is 32.2. The molecule has 23 heavy (non-hydrogen) atoms. The number of carbonyl (C=O) groups excluding carboxylic acids is 1. The van der Waals surface area contributed by atoms with Crippen LogP contribution in [0.4, 0.5) is 5.69 Å². The fourth-order valence-corrected chi connectivity index (χ4v) is 2.39. The van der Waals surface area contributed by atoms with E-state index in [0.29, 0.717) is 17.3 Å². The van der Waals surface area contributed by atoms with E-state index in [0.717, 1.165) is 16.9 Å². The van der Waals surface area contributed by atoms with E-state index in [1.54, 1.807) is 24.6 Å². The Balaban J connectivity index is 1.98. The van der Waals surface area contributed by atoms with E-state index < -0.39 is 10.8 Å². The number of rotatable bonds is 6. The maximum absolute atomic E-state index is 11.7. The normalized spacial score (nSPS) is 11.8. The molecule has 1 aromatic heterocycles. The molecule has 1 amide bonds. The molecule has 5 nitrogen and oxygen atoms in total. The third kappa shape index (κ3) is 5.17. The molecule has 0 saturated heterocycles. The molecule has 1 N–H and O–H groups in total. The van der Waals surface area contributed by atoms with Crippen molar-refractivity contribution in [1.29, 1.82) is 0 Å². The molecule has 0 aliphatic rings. The van der Waals surface area contributed by atoms with E-state index in [1.807, 2.05) is 32.0 Å². The lowest BCUT2D eigenvalue weighted by molar-refractivity contribution is -0.115. The van der Waals surface area contributed by atoms with Gasteiger partial charge in [0.25, 0.3) is 0 Å². The second-order valence-corrected chi connectivity index (χ2v) is 6.82. The number of anilines is 1. The lowest BCUT2D eigenvalue weighted by Crippen LogP contribution is -2.14. The molecular formula is C17H20N2O3S. The highest BCUT2D eigenvalue weighted by Crippen LogP contribution is 2.26. The Bertz CT molecular complexity index is 714. The van der Waals surface area contributed by atoms with Crippen LogP contribution in [0.1, 0.15) is 17.5 Å². The molecule has 0 aliphatic carbocycles. The molecule has 0 fully saturated rings. The lowest BCUT2D eigenvalue weighted by Gasteiger charge is -2.10. The summed E-state index contributed by atoms with van der Waals surface area (Å²) in [6.45, 7) is 4.02. The van der Waals surface area contributed by atoms with E-state index in [1.165, 1.54) is 0 Å². The molecule has 6 heteroatoms. The van der Waals surface area contributed by atoms with Gasteiger partial charge in [-0.05, 0) is 37.1 Å². The van der Waals surface area contributed by atoms with E-state index in [2.05, 4.69) is 10.3 Å². The third-order valence-corrected chi connectivity index (χ3v) is 4.19. The van der Waals surface area contributed by atoms with Gasteiger partial charge in [0.1, 0.15) is 5.75 Å². The van der Waals surface area contributed by atoms with Crippen LogP contribution in [0, 0.1) is 13.8 Å². The fourth-order valence-electron chi connectivity index (χ4n) is 1.92. The first kappa shape index (κ1) is 17.1. The number of pyridine rings is 1. The Kier molecular flexibility index (Phi) is 5.87. The first-order chi connectivity index (χ1) is 11.0. The number of hydrogen-bond acceptors (Lipinski definition) is 4. The molecule has 2 aromatic rings. The van der Waals surface area contributed by atoms with E-state index in [-0.39, 0.29) is 12.3 Å². The molecule has 1 aromatic carbocycles. The van der Waals surface area contributed by atoms with Crippen molar-refractivity contribution in [2.24, 2.45) is 0 Å². The summed E-state index contributed by atoms with van der Waals surface area (Å²) in [5, 5.41) is 2.72. The average Bonchev–Trinajstić information content (AvgIpc) is 2.52. The minimum atomic E-state index is -0.971. The van der Waals surface area contributed by atoms with Gasteiger partial charge in [-0.2, -0.15) is 0 Å². The van der Waals surface area contributed by atoms with Crippen molar-refractivity contribution >= 4 is 22.4 Å². The van der Waals surface area contributed by atoms with E-state index in [4.69, 9.17) is 4.74 Å². The summed E-state index contributed by atoms with van der Waals surface area (Å²) < 4.78 is 16.7. The summed E-state index contributed by atoms with van der Waals surface area (Å²) >= 11 is 0. The van der Waals surface area contributed by atoms with Gasteiger partial charge in [-0.1, -0.05) is 12.1 Å². The predicted octanol–water partition coefficient (Wildman–Crippen LogP) is 3.20. The Morgan fingerprint density at radius 2 is 2.04 bits per heavy atom. The van der Waals surface area contributed by atoms with Gasteiger partial charge in [0.05, 0.1) is 11.9 Å². The minimum Gasteiger partial charge on any atom is -0.439 e. The quantitative estimate of drug-likeness (QED) is 0.882. The zero-order chi connectivity index (χ0) is 16.8. The summed E-state index contributed by atoms with van der Waals surface area (Å²) in [6, 6.07) is 9.29. The largest absolute Gasteiger partial charge is 0.439 e. The number of ether oxygens (including phenoxy) is 1. The number of aromatic nitrogens is 1. The lowest BCUT2D eigenvalue weighted by atomic mass is 10.1. The number of carbonyl (C=O) groups is 1. The van der Waals surface area contributed by atoms with Crippen molar-refractivity contribution in [2.75, 3.05) is 17.3 Å². The number of nitrogens with zero attached hydrogens (tertiary/aromatic N) is 1. The van der Waals surface area contributed by atoms with Gasteiger partial charge in [0, 0.05) is 35.3 Å². The van der Waals surface area contributed by atoms with Crippen molar-refractivity contribution in [3.63, 3.8) is 0 Å². The van der Waals surface area contributed by atoms with Crippen LogP contribution in [0.25, 0.3) is 0 Å². The first-order valence-corrected chi connectivity index (χ1v) is 8.98. The van der Waals surface area contributed by atoms with Crippen LogP contribution in [0.5, 0.6) is 11.6 Å². The Labute approximate surface area is 138 Å². The summed E-state index contributed by atoms with van der Waals surface area (Å²) in [7, 11) is -0.971. The monoisotopic (exact) mass is 332 g/mol. The topological polar surface area (TPSA) is 68.3 Å². The molecule has 2 rings (SSSR count). The van der Waals surface area contributed by atoms with Gasteiger partial charge in [0.15, 0.2) is 0 Å². The number of nitrogens with one attached hydrogen (secondary N) is 1. The van der Waals surface area contributed by atoms with Gasteiger partial charge in [-0.15, -0.1) is 0 Å². The molecule has 0 radical (unpaired) electrons. The zero-order valence-corrected chi connectivity index (χ0v) is 14.3. The molecule has 0 spiro atoms. The maximum Gasteiger partial charge on any atom is 0.225 e. The number of hydrogen-bond donors (Lipinski definition) is 1. The molecule has 1 heterocycles. The minimum absolute atomic E-state index is 0.176. The molecule has 0 unspecified atom stereocenters. The first-order valence-electron chi connectivity index (χ1n) is 7.25. The Hall–Kier alpha value is -2.21. The van der Waals surface area contributed by atoms with Crippen LogP contribution in [0.2, 0.25) is 0 Å². The average molecular weight is 332 g/mol. The Morgan fingerprint density at radius 1 is 1.26 bits per heavy atom. The molecular weight excluding hydrogens is 312 g/mol. The van der Waals surface area contributed by atoms with E-state index >= 15 is 0 Å². The molecule has 122 valence electrons. The number of benzene rings is 1. The molecule has 0 aliphatic heterocycles. The van der Waals surface area contributed by atoms with Crippen molar-refractivity contribution in [3.8, 4) is 11.6 Å². The van der Waals surface area contributed by atoms with Gasteiger partial charge >= 0.3 is 0 Å². The van der Waals surface area contributed by atoms with Gasteiger partial charge in [0.2, 0.25) is 11.8 Å². The summed E-state index contributed by atoms with van der Waals surface area (Å²) in [6.07, 6.45) is 3.35. The van der Waals surface area contributed by atoms with Crippen molar-refractivity contribution in [1.82, 2.24) is 4.98 Å². The van der Waals surface area contributed by atoms with Crippen LogP contribution in [0.3, 0.4) is 0 Å². The van der Waals surface area contributed by atoms with Gasteiger partial charge < -0.3 is 10.1 Å². The van der Waals surface area contributed by atoms with Crippen molar-refractivity contribution in [2.45, 2.75) is 20.3 Å². The molecule has 0 saturated carbocycles. The van der Waals surface area contributed by atoms with Crippen molar-refractivity contribution < 1.29 is 13.7 Å². The zero-order valence-electron chi connectivity index (χ0n) is 13.5. The van der Waals surface area contributed by atoms with Crippen LogP contribution in [-0.2, 0) is 15.6 Å². The SMILES string of the molecule is Cc1cccc(Oc2ccc(NC(=O)CC[S@@](C)=O)cn2)c1C. The van der Waals surface area contributed by atoms with Crippen LogP contribution < -0.4 is 10.1 Å². The summed E-state index contributed by atoms with van der Waals surface area (Å²) in [4.78, 5) is 15.9. The molecule has 0 bridgehead atoms. The highest BCUT2D eigenvalue weighted by molar-refractivity contribution is 7.84. The predicted molar refractivity (Wildman–Crippen MR) is 92.4 cm³/mol. The number of amides is 1. The van der Waals surface area contributed by atoms with Gasteiger partial charge in [-0.25, -0.2) is 4.98 Å². The van der Waals surface area contributed by atoms with Crippen LogP contribution in [-0.4, -0.2) is 27.1 Å². The van der Waals surface area contributed by atoms with Gasteiger partial charge in [-0.3, -0.25) is 9.00 Å². The fraction of sp³-hybridized carbons (Fsp3) is 0.294. The van der Waals surface area contributed by atoms with Crippen LogP contribution >= 0.6 is 0 Å². The smallest absolute Gasteiger partial charge is 0.225 e. The standard InChI is InChI=1S/C17H20N2O3S/c1-12-5-4-6-15(13(12)2)22-17-8-7-14(11-18-17)19-16(20)9-10-23(3)21/h4-8,11H,9-10H2,1-3H3,(H,19,20)/t23-/m1/s1. The highest BCUT2D eigenvalue weighted by Gasteiger charge is 2.06. The summed E-state index contributed by atoms with van der Waals surface area (Å²) in [5.74, 6) is 1.41. The van der Waals surface area contributed by atoms with Crippen molar-refractivity contribution in [3.05, 3.63) is 47.7 Å². The second kappa shape index (κ2) is 7.87. The maximum atomic E-state index is 11.7. The number of aryl methyl sites for hydroxylation is 1. The third-order valence-electron chi connectivity index (χ3n) is 3.41. The second-order valence-electron chi connectivity index (χ2n) is 5.26.